The van der Waals surface area contributed by atoms with Crippen molar-refractivity contribution in [2.24, 2.45) is 0 Å². The van der Waals surface area contributed by atoms with Crippen LogP contribution >= 0.6 is 11.6 Å². The molecule has 7 nitrogen and oxygen atoms in total. The number of ether oxygens (including phenoxy) is 2. The van der Waals surface area contributed by atoms with Crippen molar-refractivity contribution in [2.75, 3.05) is 20.7 Å². The molecule has 1 atom stereocenters. The van der Waals surface area contributed by atoms with Crippen molar-refractivity contribution in [2.45, 2.75) is 17.4 Å². The predicted octanol–water partition coefficient (Wildman–Crippen LogP) is 1.06. The van der Waals surface area contributed by atoms with Crippen LogP contribution in [0.3, 0.4) is 0 Å². The zero-order valence-electron chi connectivity index (χ0n) is 11.9. The van der Waals surface area contributed by atoms with Crippen molar-refractivity contribution < 1.29 is 27.5 Å². The number of hydrogen-bond acceptors (Lipinski definition) is 6. The first-order chi connectivity index (χ1) is 10.2. The van der Waals surface area contributed by atoms with Crippen LogP contribution in [-0.4, -0.2) is 51.5 Å². The molecule has 1 aromatic carbocycles. The van der Waals surface area contributed by atoms with E-state index in [0.29, 0.717) is 0 Å². The molecule has 0 spiro atoms. The monoisotopic (exact) mass is 347 g/mol. The predicted molar refractivity (Wildman–Crippen MR) is 77.1 cm³/mol. The van der Waals surface area contributed by atoms with Gasteiger partial charge in [0.1, 0.15) is 0 Å². The second-order valence-electron chi connectivity index (χ2n) is 4.78. The maximum atomic E-state index is 12.1. The number of sulfonamides is 1. The normalized spacial score (nSPS) is 18.4. The Bertz CT molecular complexity index is 715. The van der Waals surface area contributed by atoms with Gasteiger partial charge in [0.2, 0.25) is 16.1 Å². The van der Waals surface area contributed by atoms with Gasteiger partial charge in [0.15, 0.2) is 0 Å². The summed E-state index contributed by atoms with van der Waals surface area (Å²) in [7, 11) is -0.969. The fourth-order valence-electron chi connectivity index (χ4n) is 1.81. The summed E-state index contributed by atoms with van der Waals surface area (Å²) in [6.45, 7) is 0.180. The van der Waals surface area contributed by atoms with Crippen LogP contribution in [0.1, 0.15) is 16.8 Å². The molecule has 1 fully saturated rings. The summed E-state index contributed by atoms with van der Waals surface area (Å²) in [6, 6.07) is 3.71. The molecule has 1 aliphatic heterocycles. The van der Waals surface area contributed by atoms with Crippen LogP contribution < -0.4 is 0 Å². The van der Waals surface area contributed by atoms with Crippen molar-refractivity contribution in [3.63, 3.8) is 0 Å². The summed E-state index contributed by atoms with van der Waals surface area (Å²) in [5.74, 6) is -1.49. The first-order valence-electron chi connectivity index (χ1n) is 6.33. The van der Waals surface area contributed by atoms with Crippen LogP contribution in [0, 0.1) is 0 Å². The van der Waals surface area contributed by atoms with Crippen molar-refractivity contribution in [3.8, 4) is 0 Å². The molecule has 0 saturated carbocycles. The third-order valence-corrected chi connectivity index (χ3v) is 5.21. The van der Waals surface area contributed by atoms with E-state index < -0.39 is 28.1 Å². The highest BCUT2D eigenvalue weighted by Crippen LogP contribution is 2.24. The number of carbonyl (C=O) groups excluding carboxylic acids is 2. The smallest absolute Gasteiger partial charge is 0.347 e. The van der Waals surface area contributed by atoms with Gasteiger partial charge in [0, 0.05) is 20.5 Å². The summed E-state index contributed by atoms with van der Waals surface area (Å²) >= 11 is 5.92. The highest BCUT2D eigenvalue weighted by molar-refractivity contribution is 7.89. The molecular formula is C13H14ClNO6S. The fraction of sp³-hybridized carbons (Fsp3) is 0.385. The summed E-state index contributed by atoms with van der Waals surface area (Å²) in [6.07, 6.45) is -0.726. The summed E-state index contributed by atoms with van der Waals surface area (Å²) in [5, 5.41) is 0.0362. The molecule has 0 amide bonds. The van der Waals surface area contributed by atoms with Crippen LogP contribution in [0.25, 0.3) is 0 Å². The third kappa shape index (κ3) is 3.23. The van der Waals surface area contributed by atoms with Gasteiger partial charge in [0.25, 0.3) is 0 Å². The molecule has 1 saturated heterocycles. The molecule has 1 heterocycles. The molecule has 0 unspecified atom stereocenters. The zero-order valence-corrected chi connectivity index (χ0v) is 13.5. The lowest BCUT2D eigenvalue weighted by Gasteiger charge is -2.13. The maximum Gasteiger partial charge on any atom is 0.347 e. The van der Waals surface area contributed by atoms with Gasteiger partial charge in [0.05, 0.1) is 22.1 Å². The molecule has 0 radical (unpaired) electrons. The third-order valence-electron chi connectivity index (χ3n) is 3.07. The lowest BCUT2D eigenvalue weighted by molar-refractivity contribution is -0.145. The van der Waals surface area contributed by atoms with Crippen molar-refractivity contribution >= 4 is 33.6 Å². The molecule has 0 aliphatic carbocycles. The van der Waals surface area contributed by atoms with E-state index in [2.05, 4.69) is 0 Å². The SMILES string of the molecule is CN(C)S(=O)(=O)c1ccc(Cl)c(C(=O)O[C@H]2CCOC2=O)c1. The average Bonchev–Trinajstić information content (AvgIpc) is 2.84. The molecule has 0 N–H and O–H groups in total. The van der Waals surface area contributed by atoms with Crippen molar-refractivity contribution in [1.29, 1.82) is 0 Å². The Labute approximate surface area is 132 Å². The topological polar surface area (TPSA) is 90.0 Å². The van der Waals surface area contributed by atoms with Gasteiger partial charge in [-0.2, -0.15) is 0 Å². The van der Waals surface area contributed by atoms with E-state index in [4.69, 9.17) is 21.1 Å². The minimum absolute atomic E-state index is 0.0362. The number of rotatable bonds is 4. The van der Waals surface area contributed by atoms with Crippen LogP contribution in [0.2, 0.25) is 5.02 Å². The Kier molecular flexibility index (Phi) is 4.74. The Balaban J connectivity index is 2.31. The minimum atomic E-state index is -3.71. The number of halogens is 1. The summed E-state index contributed by atoms with van der Waals surface area (Å²) in [4.78, 5) is 23.3. The summed E-state index contributed by atoms with van der Waals surface area (Å²) < 4.78 is 34.9. The number of nitrogens with zero attached hydrogens (tertiary/aromatic N) is 1. The quantitative estimate of drug-likeness (QED) is 0.756. The maximum absolute atomic E-state index is 12.1. The molecule has 9 heteroatoms. The van der Waals surface area contributed by atoms with Crippen molar-refractivity contribution in [1.82, 2.24) is 4.31 Å². The standard InChI is InChI=1S/C13H14ClNO6S/c1-15(2)22(18,19)8-3-4-10(14)9(7-8)12(16)21-11-5-6-20-13(11)17/h3-4,7,11H,5-6H2,1-2H3/t11-/m0/s1. The first-order valence-corrected chi connectivity index (χ1v) is 8.15. The van der Waals surface area contributed by atoms with Crippen LogP contribution in [0.15, 0.2) is 23.1 Å². The minimum Gasteiger partial charge on any atom is -0.463 e. The Hall–Kier alpha value is -1.64. The molecule has 2 rings (SSSR count). The van der Waals surface area contributed by atoms with Gasteiger partial charge in [-0.3, -0.25) is 0 Å². The largest absolute Gasteiger partial charge is 0.463 e. The Morgan fingerprint density at radius 2 is 2.09 bits per heavy atom. The second kappa shape index (κ2) is 6.23. The first kappa shape index (κ1) is 16.7. The second-order valence-corrected chi connectivity index (χ2v) is 7.34. The van der Waals surface area contributed by atoms with Gasteiger partial charge in [-0.05, 0) is 18.2 Å². The number of cyclic esters (lactones) is 1. The molecule has 1 aromatic rings. The van der Waals surface area contributed by atoms with Gasteiger partial charge >= 0.3 is 11.9 Å². The van der Waals surface area contributed by atoms with Gasteiger partial charge < -0.3 is 9.47 Å². The van der Waals surface area contributed by atoms with E-state index in [1.165, 1.54) is 26.2 Å². The van der Waals surface area contributed by atoms with Crippen LogP contribution in [0.5, 0.6) is 0 Å². The Morgan fingerprint density at radius 1 is 1.41 bits per heavy atom. The van der Waals surface area contributed by atoms with Crippen molar-refractivity contribution in [3.05, 3.63) is 28.8 Å². The van der Waals surface area contributed by atoms with E-state index in [1.54, 1.807) is 0 Å². The lowest BCUT2D eigenvalue weighted by atomic mass is 10.2. The molecule has 22 heavy (non-hydrogen) atoms. The molecular weight excluding hydrogens is 334 g/mol. The fourth-order valence-corrected chi connectivity index (χ4v) is 2.93. The zero-order chi connectivity index (χ0) is 16.5. The molecule has 1 aliphatic rings. The van der Waals surface area contributed by atoms with Gasteiger partial charge in [-0.25, -0.2) is 22.3 Å². The number of hydrogen-bond donors (Lipinski definition) is 0. The highest BCUT2D eigenvalue weighted by atomic mass is 35.5. The number of carbonyl (C=O) groups is 2. The van der Waals surface area contributed by atoms with Crippen LogP contribution in [0.4, 0.5) is 0 Å². The van der Waals surface area contributed by atoms with E-state index in [0.717, 1.165) is 10.4 Å². The summed E-state index contributed by atoms with van der Waals surface area (Å²) in [5.41, 5.74) is -0.121. The van der Waals surface area contributed by atoms with E-state index in [-0.39, 0.29) is 28.5 Å². The van der Waals surface area contributed by atoms with Crippen LogP contribution in [-0.2, 0) is 24.3 Å². The van der Waals surface area contributed by atoms with Gasteiger partial charge in [-0.1, -0.05) is 11.6 Å². The lowest BCUT2D eigenvalue weighted by Crippen LogP contribution is -2.24. The number of esters is 2. The Morgan fingerprint density at radius 3 is 2.64 bits per heavy atom. The average molecular weight is 348 g/mol. The van der Waals surface area contributed by atoms with E-state index in [1.807, 2.05) is 0 Å². The van der Waals surface area contributed by atoms with E-state index >= 15 is 0 Å². The highest BCUT2D eigenvalue weighted by Gasteiger charge is 2.31. The van der Waals surface area contributed by atoms with Gasteiger partial charge in [-0.15, -0.1) is 0 Å². The number of benzene rings is 1. The van der Waals surface area contributed by atoms with E-state index in [9.17, 15) is 18.0 Å². The molecule has 0 bridgehead atoms. The molecule has 0 aromatic heterocycles. The molecule has 120 valence electrons.